The highest BCUT2D eigenvalue weighted by Crippen LogP contribution is 2.37. The molecule has 6 heteroatoms. The Kier molecular flexibility index (Phi) is 6.34. The van der Waals surface area contributed by atoms with Gasteiger partial charge < -0.3 is 0 Å². The predicted molar refractivity (Wildman–Crippen MR) is 77.4 cm³/mol. The van der Waals surface area contributed by atoms with Gasteiger partial charge in [0.1, 0.15) is 0 Å². The summed E-state index contributed by atoms with van der Waals surface area (Å²) in [5.74, 6) is 0.369. The SMILES string of the molecule is Cc1cccc(C(CCl)(CCl)CCSC(F)(F)F)c1. The summed E-state index contributed by atoms with van der Waals surface area (Å²) in [5, 5.41) is 0. The van der Waals surface area contributed by atoms with E-state index < -0.39 is 10.9 Å². The molecule has 0 saturated heterocycles. The zero-order valence-electron chi connectivity index (χ0n) is 10.4. The van der Waals surface area contributed by atoms with Crippen LogP contribution in [-0.2, 0) is 5.41 Å². The minimum Gasteiger partial charge on any atom is -0.160 e. The monoisotopic (exact) mass is 330 g/mol. The van der Waals surface area contributed by atoms with Crippen LogP contribution in [0, 0.1) is 6.92 Å². The van der Waals surface area contributed by atoms with Gasteiger partial charge in [0.25, 0.3) is 0 Å². The average molecular weight is 331 g/mol. The molecule has 0 aliphatic rings. The summed E-state index contributed by atoms with van der Waals surface area (Å²) in [6.45, 7) is 1.93. The second-order valence-electron chi connectivity index (χ2n) is 4.46. The van der Waals surface area contributed by atoms with Gasteiger partial charge in [-0.1, -0.05) is 41.6 Å². The van der Waals surface area contributed by atoms with E-state index in [0.29, 0.717) is 6.42 Å². The summed E-state index contributed by atoms with van der Waals surface area (Å²) in [6.07, 6.45) is 0.299. The lowest BCUT2D eigenvalue weighted by atomic mass is 9.81. The third-order valence-electron chi connectivity index (χ3n) is 2.99. The molecule has 1 aromatic carbocycles. The van der Waals surface area contributed by atoms with Gasteiger partial charge in [0.05, 0.1) is 0 Å². The van der Waals surface area contributed by atoms with Gasteiger partial charge in [-0.15, -0.1) is 23.2 Å². The van der Waals surface area contributed by atoms with E-state index in [1.165, 1.54) is 0 Å². The van der Waals surface area contributed by atoms with Crippen molar-refractivity contribution in [3.63, 3.8) is 0 Å². The Bertz CT molecular complexity index is 403. The lowest BCUT2D eigenvalue weighted by molar-refractivity contribution is -0.0328. The molecule has 0 heterocycles. The average Bonchev–Trinajstić information content (AvgIpc) is 2.34. The van der Waals surface area contributed by atoms with Crippen LogP contribution in [0.5, 0.6) is 0 Å². The summed E-state index contributed by atoms with van der Waals surface area (Å²) in [7, 11) is 0. The Balaban J connectivity index is 2.85. The second kappa shape index (κ2) is 7.09. The third-order valence-corrected chi connectivity index (χ3v) is 4.75. The Morgan fingerprint density at radius 3 is 2.26 bits per heavy atom. The summed E-state index contributed by atoms with van der Waals surface area (Å²) in [6, 6.07) is 7.61. The Morgan fingerprint density at radius 2 is 1.79 bits per heavy atom. The molecular weight excluding hydrogens is 316 g/mol. The topological polar surface area (TPSA) is 0 Å². The van der Waals surface area contributed by atoms with Crippen LogP contribution in [0.3, 0.4) is 0 Å². The van der Waals surface area contributed by atoms with Gasteiger partial charge in [0, 0.05) is 22.9 Å². The first-order valence-corrected chi connectivity index (χ1v) is 7.78. The first-order valence-electron chi connectivity index (χ1n) is 5.73. The number of alkyl halides is 5. The van der Waals surface area contributed by atoms with E-state index in [9.17, 15) is 13.2 Å². The van der Waals surface area contributed by atoms with Crippen molar-refractivity contribution >= 4 is 35.0 Å². The minimum atomic E-state index is -4.21. The van der Waals surface area contributed by atoms with E-state index in [1.807, 2.05) is 31.2 Å². The highest BCUT2D eigenvalue weighted by atomic mass is 35.5. The van der Waals surface area contributed by atoms with Gasteiger partial charge >= 0.3 is 5.51 Å². The molecule has 0 fully saturated rings. The summed E-state index contributed by atoms with van der Waals surface area (Å²) in [4.78, 5) is 0. The number of halogens is 5. The first-order chi connectivity index (χ1) is 8.83. The maximum Gasteiger partial charge on any atom is 0.441 e. The van der Waals surface area contributed by atoms with Crippen LogP contribution in [0.2, 0.25) is 0 Å². The number of thioether (sulfide) groups is 1. The van der Waals surface area contributed by atoms with Crippen LogP contribution >= 0.6 is 35.0 Å². The zero-order valence-corrected chi connectivity index (χ0v) is 12.8. The van der Waals surface area contributed by atoms with Crippen molar-refractivity contribution in [1.29, 1.82) is 0 Å². The van der Waals surface area contributed by atoms with E-state index >= 15 is 0 Å². The van der Waals surface area contributed by atoms with Crippen molar-refractivity contribution in [3.8, 4) is 0 Å². The van der Waals surface area contributed by atoms with Gasteiger partial charge in [-0.3, -0.25) is 0 Å². The van der Waals surface area contributed by atoms with Gasteiger partial charge in [0.15, 0.2) is 0 Å². The van der Waals surface area contributed by atoms with Crippen molar-refractivity contribution in [3.05, 3.63) is 35.4 Å². The molecule has 0 amide bonds. The van der Waals surface area contributed by atoms with Crippen molar-refractivity contribution in [1.82, 2.24) is 0 Å². The third kappa shape index (κ3) is 5.09. The van der Waals surface area contributed by atoms with E-state index in [1.54, 1.807) is 0 Å². The number of hydrogen-bond acceptors (Lipinski definition) is 1. The van der Waals surface area contributed by atoms with Crippen molar-refractivity contribution in [2.24, 2.45) is 0 Å². The van der Waals surface area contributed by atoms with Gasteiger partial charge in [-0.05, 0) is 18.9 Å². The molecule has 0 N–H and O–H groups in total. The molecule has 0 unspecified atom stereocenters. The number of aryl methyl sites for hydroxylation is 1. The van der Waals surface area contributed by atoms with E-state index in [4.69, 9.17) is 23.2 Å². The molecule has 0 aromatic heterocycles. The number of rotatable bonds is 6. The number of hydrogen-bond donors (Lipinski definition) is 0. The van der Waals surface area contributed by atoms with Crippen LogP contribution in [0.4, 0.5) is 13.2 Å². The summed E-state index contributed by atoms with van der Waals surface area (Å²) < 4.78 is 36.6. The largest absolute Gasteiger partial charge is 0.441 e. The highest BCUT2D eigenvalue weighted by Gasteiger charge is 2.34. The fourth-order valence-electron chi connectivity index (χ4n) is 1.81. The van der Waals surface area contributed by atoms with Crippen molar-refractivity contribution in [2.45, 2.75) is 24.3 Å². The lowest BCUT2D eigenvalue weighted by Gasteiger charge is -2.30. The molecule has 0 saturated carbocycles. The van der Waals surface area contributed by atoms with Gasteiger partial charge in [-0.25, -0.2) is 0 Å². The van der Waals surface area contributed by atoms with Crippen LogP contribution in [0.1, 0.15) is 17.5 Å². The molecule has 0 aliphatic carbocycles. The molecule has 0 atom stereocenters. The standard InChI is InChI=1S/C13H15Cl2F3S/c1-10-3-2-4-11(7-10)12(8-14,9-15)5-6-19-13(16,17)18/h2-4,7H,5-6,8-9H2,1H3. The molecule has 108 valence electrons. The Morgan fingerprint density at radius 1 is 1.16 bits per heavy atom. The molecule has 0 aliphatic heterocycles. The second-order valence-corrected chi connectivity index (χ2v) is 6.16. The fraction of sp³-hybridized carbons (Fsp3) is 0.538. The van der Waals surface area contributed by atoms with Crippen molar-refractivity contribution in [2.75, 3.05) is 17.5 Å². The van der Waals surface area contributed by atoms with Crippen LogP contribution in [0.25, 0.3) is 0 Å². The first kappa shape index (κ1) is 17.0. The molecule has 0 spiro atoms. The maximum absolute atomic E-state index is 12.2. The fourth-order valence-corrected chi connectivity index (χ4v) is 3.39. The Labute approximate surface area is 125 Å². The molecule has 0 radical (unpaired) electrons. The van der Waals surface area contributed by atoms with Crippen LogP contribution in [-0.4, -0.2) is 23.0 Å². The summed E-state index contributed by atoms with van der Waals surface area (Å²) >= 11 is 11.9. The minimum absolute atomic E-state index is 0.0272. The van der Waals surface area contributed by atoms with Gasteiger partial charge in [-0.2, -0.15) is 13.2 Å². The van der Waals surface area contributed by atoms with E-state index in [0.717, 1.165) is 11.1 Å². The normalized spacial score (nSPS) is 12.7. The molecule has 0 nitrogen and oxygen atoms in total. The molecular formula is C13H15Cl2F3S. The highest BCUT2D eigenvalue weighted by molar-refractivity contribution is 8.00. The van der Waals surface area contributed by atoms with Crippen molar-refractivity contribution < 1.29 is 13.2 Å². The van der Waals surface area contributed by atoms with Crippen LogP contribution < -0.4 is 0 Å². The summed E-state index contributed by atoms with van der Waals surface area (Å²) in [5.41, 5.74) is -2.87. The zero-order chi connectivity index (χ0) is 14.5. The molecule has 1 aromatic rings. The lowest BCUT2D eigenvalue weighted by Crippen LogP contribution is -2.31. The van der Waals surface area contributed by atoms with Gasteiger partial charge in [0.2, 0.25) is 0 Å². The molecule has 1 rings (SSSR count). The molecule has 19 heavy (non-hydrogen) atoms. The quantitative estimate of drug-likeness (QED) is 0.633. The van der Waals surface area contributed by atoms with E-state index in [2.05, 4.69) is 0 Å². The number of benzene rings is 1. The Hall–Kier alpha value is -0.0600. The predicted octanol–water partition coefficient (Wildman–Crippen LogP) is 5.35. The smallest absolute Gasteiger partial charge is 0.160 e. The van der Waals surface area contributed by atoms with E-state index in [-0.39, 0.29) is 29.3 Å². The maximum atomic E-state index is 12.2. The molecule has 0 bridgehead atoms. The van der Waals surface area contributed by atoms with Crippen LogP contribution in [0.15, 0.2) is 24.3 Å².